The van der Waals surface area contributed by atoms with Gasteiger partial charge in [0.05, 0.1) is 6.61 Å². The first-order valence-electron chi connectivity index (χ1n) is 8.77. The summed E-state index contributed by atoms with van der Waals surface area (Å²) in [7, 11) is 1.63. The molecule has 24 heavy (non-hydrogen) atoms. The van der Waals surface area contributed by atoms with Crippen molar-refractivity contribution in [3.63, 3.8) is 0 Å². The first-order valence-corrected chi connectivity index (χ1v) is 8.77. The third-order valence-corrected chi connectivity index (χ3v) is 5.52. The van der Waals surface area contributed by atoms with E-state index in [0.717, 1.165) is 37.8 Å². The first-order chi connectivity index (χ1) is 11.7. The van der Waals surface area contributed by atoms with E-state index >= 15 is 0 Å². The highest BCUT2D eigenvalue weighted by atomic mass is 16.5. The van der Waals surface area contributed by atoms with Crippen molar-refractivity contribution in [3.05, 3.63) is 35.9 Å². The van der Waals surface area contributed by atoms with Gasteiger partial charge in [0.15, 0.2) is 0 Å². The lowest BCUT2D eigenvalue weighted by Gasteiger charge is -2.30. The van der Waals surface area contributed by atoms with Crippen LogP contribution in [0.25, 0.3) is 0 Å². The van der Waals surface area contributed by atoms with Crippen molar-refractivity contribution in [2.24, 2.45) is 11.3 Å². The molecule has 2 amide bonds. The second-order valence-corrected chi connectivity index (χ2v) is 6.93. The molecule has 1 spiro atoms. The molecule has 2 atom stereocenters. The molecule has 0 bridgehead atoms. The van der Waals surface area contributed by atoms with Crippen LogP contribution in [0.3, 0.4) is 0 Å². The monoisotopic (exact) mass is 330 g/mol. The van der Waals surface area contributed by atoms with Crippen molar-refractivity contribution in [1.29, 1.82) is 0 Å². The molecule has 130 valence electrons. The van der Waals surface area contributed by atoms with Crippen LogP contribution < -0.4 is 5.32 Å². The Balaban J connectivity index is 1.66. The summed E-state index contributed by atoms with van der Waals surface area (Å²) in [6.07, 6.45) is 3.95. The van der Waals surface area contributed by atoms with Gasteiger partial charge in [-0.25, -0.2) is 0 Å². The molecular formula is C19H26N2O3. The van der Waals surface area contributed by atoms with E-state index in [1.165, 1.54) is 0 Å². The van der Waals surface area contributed by atoms with Crippen molar-refractivity contribution in [3.8, 4) is 0 Å². The number of hydrogen-bond acceptors (Lipinski definition) is 3. The maximum atomic E-state index is 12.7. The van der Waals surface area contributed by atoms with Gasteiger partial charge in [-0.3, -0.25) is 9.59 Å². The minimum absolute atomic E-state index is 0.0166. The Morgan fingerprint density at radius 2 is 2.08 bits per heavy atom. The SMILES string of the molecule is COCCNC(=O)[C@H]1CCC[C@]12CCN(C(=O)c1ccccc1)C2. The fraction of sp³-hybridized carbons (Fsp3) is 0.579. The number of hydrogen-bond donors (Lipinski definition) is 1. The lowest BCUT2D eigenvalue weighted by Crippen LogP contribution is -2.42. The van der Waals surface area contributed by atoms with Crippen molar-refractivity contribution in [1.82, 2.24) is 10.2 Å². The lowest BCUT2D eigenvalue weighted by molar-refractivity contribution is -0.128. The average Bonchev–Trinajstić information content (AvgIpc) is 3.23. The number of nitrogens with zero attached hydrogens (tertiary/aromatic N) is 1. The lowest BCUT2D eigenvalue weighted by atomic mass is 9.76. The van der Waals surface area contributed by atoms with E-state index in [4.69, 9.17) is 4.74 Å². The van der Waals surface area contributed by atoms with E-state index in [-0.39, 0.29) is 23.1 Å². The maximum Gasteiger partial charge on any atom is 0.253 e. The summed E-state index contributed by atoms with van der Waals surface area (Å²) in [6.45, 7) is 2.53. The molecule has 2 aliphatic rings. The minimum Gasteiger partial charge on any atom is -0.383 e. The van der Waals surface area contributed by atoms with Crippen LogP contribution in [-0.4, -0.2) is 50.1 Å². The predicted molar refractivity (Wildman–Crippen MR) is 91.6 cm³/mol. The Bertz CT molecular complexity index is 590. The molecule has 1 heterocycles. The number of ether oxygens (including phenoxy) is 1. The molecule has 0 radical (unpaired) electrons. The van der Waals surface area contributed by atoms with Crippen LogP contribution >= 0.6 is 0 Å². The zero-order chi connectivity index (χ0) is 17.0. The zero-order valence-corrected chi connectivity index (χ0v) is 14.3. The van der Waals surface area contributed by atoms with E-state index in [0.29, 0.717) is 19.7 Å². The molecule has 1 aromatic rings. The van der Waals surface area contributed by atoms with Gasteiger partial charge >= 0.3 is 0 Å². The number of carbonyl (C=O) groups is 2. The number of nitrogens with one attached hydrogen (secondary N) is 1. The van der Waals surface area contributed by atoms with Gasteiger partial charge in [-0.1, -0.05) is 24.6 Å². The molecule has 5 heteroatoms. The fourth-order valence-electron chi connectivity index (χ4n) is 4.27. The van der Waals surface area contributed by atoms with Crippen LogP contribution in [0.1, 0.15) is 36.0 Å². The van der Waals surface area contributed by atoms with Gasteiger partial charge < -0.3 is 15.0 Å². The summed E-state index contributed by atoms with van der Waals surface area (Å²) in [6, 6.07) is 9.41. The van der Waals surface area contributed by atoms with Crippen molar-refractivity contribution in [2.45, 2.75) is 25.7 Å². The molecule has 1 saturated carbocycles. The van der Waals surface area contributed by atoms with Crippen LogP contribution in [0, 0.1) is 11.3 Å². The van der Waals surface area contributed by atoms with E-state index < -0.39 is 0 Å². The summed E-state index contributed by atoms with van der Waals surface area (Å²) in [5, 5.41) is 2.99. The number of rotatable bonds is 5. The Morgan fingerprint density at radius 3 is 2.83 bits per heavy atom. The van der Waals surface area contributed by atoms with Crippen molar-refractivity contribution >= 4 is 11.8 Å². The molecular weight excluding hydrogens is 304 g/mol. The molecule has 1 N–H and O–H groups in total. The number of benzene rings is 1. The molecule has 0 unspecified atom stereocenters. The smallest absolute Gasteiger partial charge is 0.253 e. The summed E-state index contributed by atoms with van der Waals surface area (Å²) < 4.78 is 5.00. The molecule has 5 nitrogen and oxygen atoms in total. The summed E-state index contributed by atoms with van der Waals surface area (Å²) in [5.41, 5.74) is 0.690. The third kappa shape index (κ3) is 3.31. The topological polar surface area (TPSA) is 58.6 Å². The van der Waals surface area contributed by atoms with Crippen LogP contribution in [0.5, 0.6) is 0 Å². The summed E-state index contributed by atoms with van der Waals surface area (Å²) >= 11 is 0. The van der Waals surface area contributed by atoms with Gasteiger partial charge in [-0.2, -0.15) is 0 Å². The third-order valence-electron chi connectivity index (χ3n) is 5.52. The van der Waals surface area contributed by atoms with Crippen molar-refractivity contribution in [2.75, 3.05) is 33.4 Å². The first kappa shape index (κ1) is 17.0. The summed E-state index contributed by atoms with van der Waals surface area (Å²) in [4.78, 5) is 27.2. The molecule has 2 fully saturated rings. The van der Waals surface area contributed by atoms with Gasteiger partial charge in [-0.05, 0) is 31.4 Å². The largest absolute Gasteiger partial charge is 0.383 e. The van der Waals surface area contributed by atoms with Crippen LogP contribution in [-0.2, 0) is 9.53 Å². The van der Waals surface area contributed by atoms with E-state index in [2.05, 4.69) is 5.32 Å². The number of carbonyl (C=O) groups excluding carboxylic acids is 2. The van der Waals surface area contributed by atoms with Crippen LogP contribution in [0.2, 0.25) is 0 Å². The van der Waals surface area contributed by atoms with Gasteiger partial charge in [0.2, 0.25) is 5.91 Å². The Kier molecular flexibility index (Phi) is 5.19. The van der Waals surface area contributed by atoms with Crippen molar-refractivity contribution < 1.29 is 14.3 Å². The normalized spacial score (nSPS) is 26.0. The second-order valence-electron chi connectivity index (χ2n) is 6.93. The van der Waals surface area contributed by atoms with Crippen LogP contribution in [0.4, 0.5) is 0 Å². The molecule has 1 saturated heterocycles. The number of methoxy groups -OCH3 is 1. The molecule has 1 aliphatic heterocycles. The highest BCUT2D eigenvalue weighted by Gasteiger charge is 2.51. The molecule has 1 aliphatic carbocycles. The second kappa shape index (κ2) is 7.34. The Hall–Kier alpha value is -1.88. The quantitative estimate of drug-likeness (QED) is 0.841. The van der Waals surface area contributed by atoms with Gasteiger partial charge in [0, 0.05) is 43.6 Å². The Labute approximate surface area is 143 Å². The highest BCUT2D eigenvalue weighted by Crippen LogP contribution is 2.50. The zero-order valence-electron chi connectivity index (χ0n) is 14.3. The van der Waals surface area contributed by atoms with E-state index in [1.807, 2.05) is 35.2 Å². The summed E-state index contributed by atoms with van der Waals surface area (Å²) in [5.74, 6) is 0.222. The standard InChI is InChI=1S/C19H26N2O3/c1-24-13-11-20-17(22)16-8-5-9-19(16)10-12-21(14-19)18(23)15-6-3-2-4-7-15/h2-4,6-7,16H,5,8-14H2,1H3,(H,20,22)/t16-,19-/m1/s1. The minimum atomic E-state index is -0.0401. The van der Waals surface area contributed by atoms with E-state index in [9.17, 15) is 9.59 Å². The molecule has 1 aromatic carbocycles. The van der Waals surface area contributed by atoms with Gasteiger partial charge in [0.1, 0.15) is 0 Å². The van der Waals surface area contributed by atoms with E-state index in [1.54, 1.807) is 7.11 Å². The number of amides is 2. The van der Waals surface area contributed by atoms with Crippen LogP contribution in [0.15, 0.2) is 30.3 Å². The Morgan fingerprint density at radius 1 is 1.29 bits per heavy atom. The van der Waals surface area contributed by atoms with Gasteiger partial charge in [0.25, 0.3) is 5.91 Å². The highest BCUT2D eigenvalue weighted by molar-refractivity contribution is 5.94. The fourth-order valence-corrected chi connectivity index (χ4v) is 4.27. The molecule has 0 aromatic heterocycles. The predicted octanol–water partition coefficient (Wildman–Crippen LogP) is 2.08. The van der Waals surface area contributed by atoms with Gasteiger partial charge in [-0.15, -0.1) is 0 Å². The number of likely N-dealkylation sites (tertiary alicyclic amines) is 1. The molecule has 3 rings (SSSR count). The maximum absolute atomic E-state index is 12.7. The average molecular weight is 330 g/mol.